The van der Waals surface area contributed by atoms with Gasteiger partial charge in [-0.2, -0.15) is 5.10 Å². The highest BCUT2D eigenvalue weighted by molar-refractivity contribution is 9.10. The molecule has 0 saturated carbocycles. The van der Waals surface area contributed by atoms with Crippen LogP contribution in [0.5, 0.6) is 5.75 Å². The molecule has 34 heavy (non-hydrogen) atoms. The summed E-state index contributed by atoms with van der Waals surface area (Å²) in [6.45, 7) is 0.307. The summed E-state index contributed by atoms with van der Waals surface area (Å²) >= 11 is 3.48. The van der Waals surface area contributed by atoms with Crippen molar-refractivity contribution in [2.24, 2.45) is 0 Å². The minimum atomic E-state index is -0.716. The number of hydrogen-bond acceptors (Lipinski definition) is 6. The number of nitrogens with zero attached hydrogens (tertiary/aromatic N) is 2. The van der Waals surface area contributed by atoms with Gasteiger partial charge in [0, 0.05) is 10.0 Å². The number of ether oxygens (including phenoxy) is 3. The number of hydrogen-bond donors (Lipinski definition) is 0. The molecule has 4 aromatic rings. The van der Waals surface area contributed by atoms with E-state index >= 15 is 0 Å². The fourth-order valence-corrected chi connectivity index (χ4v) is 3.83. The van der Waals surface area contributed by atoms with E-state index in [1.807, 2.05) is 54.6 Å². The molecule has 1 heterocycles. The number of carbonyl (C=O) groups excluding carboxylic acids is 2. The third-order valence-corrected chi connectivity index (χ3v) is 5.58. The number of aromatic nitrogens is 2. The lowest BCUT2D eigenvalue weighted by atomic mass is 10.0. The van der Waals surface area contributed by atoms with E-state index in [9.17, 15) is 9.59 Å². The molecule has 3 aromatic carbocycles. The van der Waals surface area contributed by atoms with Crippen LogP contribution in [0.3, 0.4) is 0 Å². The molecule has 0 aliphatic carbocycles. The summed E-state index contributed by atoms with van der Waals surface area (Å²) in [5.41, 5.74) is 2.29. The molecule has 8 heteroatoms. The van der Waals surface area contributed by atoms with Crippen LogP contribution in [0, 0.1) is 0 Å². The smallest absolute Gasteiger partial charge is 0.357 e. The lowest BCUT2D eigenvalue weighted by Gasteiger charge is -2.12. The largest absolute Gasteiger partial charge is 0.488 e. The third-order valence-electron chi connectivity index (χ3n) is 5.09. The van der Waals surface area contributed by atoms with Gasteiger partial charge in [-0.1, -0.05) is 64.5 Å². The number of benzene rings is 3. The summed E-state index contributed by atoms with van der Waals surface area (Å²) in [6.07, 6.45) is 0. The molecule has 4 rings (SSSR count). The number of halogens is 1. The van der Waals surface area contributed by atoms with Crippen molar-refractivity contribution >= 4 is 27.9 Å². The highest BCUT2D eigenvalue weighted by Crippen LogP contribution is 2.37. The topological polar surface area (TPSA) is 79.7 Å². The molecule has 0 bridgehead atoms. The minimum Gasteiger partial charge on any atom is -0.488 e. The average Bonchev–Trinajstić information content (AvgIpc) is 3.28. The second-order valence-electron chi connectivity index (χ2n) is 7.22. The standard InChI is InChI=1S/C26H21BrN2O5/c1-32-25(30)22-23(28-29(24(22)26(31)33-2)19-11-7-4-8-12-19)20-14-13-18(27)15-21(20)34-16-17-9-5-3-6-10-17/h3-15H,16H2,1-2H3. The summed E-state index contributed by atoms with van der Waals surface area (Å²) in [7, 11) is 2.50. The summed E-state index contributed by atoms with van der Waals surface area (Å²) in [5, 5.41) is 4.65. The van der Waals surface area contributed by atoms with Crippen LogP contribution in [0.15, 0.2) is 83.3 Å². The van der Waals surface area contributed by atoms with Crippen LogP contribution in [0.1, 0.15) is 26.4 Å². The van der Waals surface area contributed by atoms with E-state index in [0.29, 0.717) is 23.6 Å². The van der Waals surface area contributed by atoms with Crippen molar-refractivity contribution in [2.45, 2.75) is 6.61 Å². The van der Waals surface area contributed by atoms with Gasteiger partial charge in [0.15, 0.2) is 5.69 Å². The number of carbonyl (C=O) groups is 2. The molecule has 0 fully saturated rings. The highest BCUT2D eigenvalue weighted by atomic mass is 79.9. The quantitative estimate of drug-likeness (QED) is 0.301. The van der Waals surface area contributed by atoms with E-state index in [2.05, 4.69) is 21.0 Å². The number of rotatable bonds is 7. The van der Waals surface area contributed by atoms with Crippen LogP contribution in [-0.2, 0) is 16.1 Å². The number of esters is 2. The van der Waals surface area contributed by atoms with E-state index in [-0.39, 0.29) is 17.0 Å². The Hall–Kier alpha value is -3.91. The molecule has 0 N–H and O–H groups in total. The maximum absolute atomic E-state index is 12.9. The van der Waals surface area contributed by atoms with Gasteiger partial charge in [0.2, 0.25) is 0 Å². The lowest BCUT2D eigenvalue weighted by Crippen LogP contribution is -2.15. The maximum atomic E-state index is 12.9. The van der Waals surface area contributed by atoms with Crippen molar-refractivity contribution in [3.63, 3.8) is 0 Å². The predicted octanol–water partition coefficient (Wildman–Crippen LogP) is 5.45. The Balaban J connectivity index is 1.91. The zero-order chi connectivity index (χ0) is 24.1. The van der Waals surface area contributed by atoms with Gasteiger partial charge in [-0.3, -0.25) is 0 Å². The van der Waals surface area contributed by atoms with E-state index in [0.717, 1.165) is 10.0 Å². The lowest BCUT2D eigenvalue weighted by molar-refractivity contribution is 0.0549. The highest BCUT2D eigenvalue weighted by Gasteiger charge is 2.32. The molecule has 0 saturated heterocycles. The summed E-state index contributed by atoms with van der Waals surface area (Å²) in [5.74, 6) is -0.945. The molecule has 0 amide bonds. The van der Waals surface area contributed by atoms with Gasteiger partial charge >= 0.3 is 11.9 Å². The Labute approximate surface area is 205 Å². The summed E-state index contributed by atoms with van der Waals surface area (Å²) in [6, 6.07) is 24.1. The molecular weight excluding hydrogens is 500 g/mol. The van der Waals surface area contributed by atoms with Gasteiger partial charge in [-0.05, 0) is 35.9 Å². The van der Waals surface area contributed by atoms with Gasteiger partial charge in [-0.15, -0.1) is 0 Å². The second-order valence-corrected chi connectivity index (χ2v) is 8.13. The molecule has 0 unspecified atom stereocenters. The maximum Gasteiger partial charge on any atom is 0.357 e. The average molecular weight is 521 g/mol. The zero-order valence-corrected chi connectivity index (χ0v) is 20.1. The molecule has 0 atom stereocenters. The van der Waals surface area contributed by atoms with Gasteiger partial charge in [0.25, 0.3) is 0 Å². The Morgan fingerprint density at radius 1 is 0.882 bits per heavy atom. The molecule has 0 radical (unpaired) electrons. The fraction of sp³-hybridized carbons (Fsp3) is 0.115. The van der Waals surface area contributed by atoms with Crippen molar-refractivity contribution in [2.75, 3.05) is 14.2 Å². The van der Waals surface area contributed by atoms with Gasteiger partial charge in [0.05, 0.1) is 19.9 Å². The van der Waals surface area contributed by atoms with Crippen LogP contribution in [0.2, 0.25) is 0 Å². The van der Waals surface area contributed by atoms with Crippen LogP contribution in [-0.4, -0.2) is 35.9 Å². The second kappa shape index (κ2) is 10.4. The Bertz CT molecular complexity index is 1320. The van der Waals surface area contributed by atoms with Crippen molar-refractivity contribution in [1.29, 1.82) is 0 Å². The predicted molar refractivity (Wildman–Crippen MR) is 130 cm³/mol. The zero-order valence-electron chi connectivity index (χ0n) is 18.5. The van der Waals surface area contributed by atoms with Crippen molar-refractivity contribution in [1.82, 2.24) is 9.78 Å². The summed E-state index contributed by atoms with van der Waals surface area (Å²) in [4.78, 5) is 25.7. The molecule has 7 nitrogen and oxygen atoms in total. The van der Waals surface area contributed by atoms with Gasteiger partial charge in [-0.25, -0.2) is 14.3 Å². The van der Waals surface area contributed by atoms with Crippen molar-refractivity contribution < 1.29 is 23.8 Å². The van der Waals surface area contributed by atoms with Crippen molar-refractivity contribution in [3.05, 3.63) is 100 Å². The Morgan fingerprint density at radius 2 is 1.53 bits per heavy atom. The molecular formula is C26H21BrN2O5. The molecule has 0 aliphatic heterocycles. The van der Waals surface area contributed by atoms with Crippen LogP contribution >= 0.6 is 15.9 Å². The van der Waals surface area contributed by atoms with Crippen molar-refractivity contribution in [3.8, 4) is 22.7 Å². The van der Waals surface area contributed by atoms with E-state index in [4.69, 9.17) is 14.2 Å². The molecule has 0 aliphatic rings. The van der Waals surface area contributed by atoms with Crippen LogP contribution < -0.4 is 4.74 Å². The first-order valence-electron chi connectivity index (χ1n) is 10.3. The SMILES string of the molecule is COC(=O)c1c(-c2ccc(Br)cc2OCc2ccccc2)nn(-c2ccccc2)c1C(=O)OC. The normalized spacial score (nSPS) is 10.6. The first-order valence-corrected chi connectivity index (χ1v) is 11.1. The van der Waals surface area contributed by atoms with Gasteiger partial charge in [0.1, 0.15) is 23.6 Å². The van der Waals surface area contributed by atoms with Crippen LogP contribution in [0.25, 0.3) is 16.9 Å². The molecule has 172 valence electrons. The number of methoxy groups -OCH3 is 2. The summed E-state index contributed by atoms with van der Waals surface area (Å²) < 4.78 is 18.3. The Morgan fingerprint density at radius 3 is 2.18 bits per heavy atom. The van der Waals surface area contributed by atoms with E-state index < -0.39 is 11.9 Å². The Kier molecular flexibility index (Phi) is 7.08. The van der Waals surface area contributed by atoms with Gasteiger partial charge < -0.3 is 14.2 Å². The van der Waals surface area contributed by atoms with Crippen LogP contribution in [0.4, 0.5) is 0 Å². The van der Waals surface area contributed by atoms with E-state index in [1.165, 1.54) is 18.9 Å². The van der Waals surface area contributed by atoms with E-state index in [1.54, 1.807) is 24.3 Å². The molecule has 0 spiro atoms. The monoisotopic (exact) mass is 520 g/mol. The third kappa shape index (κ3) is 4.72. The first kappa shape index (κ1) is 23.3. The number of para-hydroxylation sites is 1. The molecule has 1 aromatic heterocycles. The fourth-order valence-electron chi connectivity index (χ4n) is 3.49. The minimum absolute atomic E-state index is 0.00918. The first-order chi connectivity index (χ1) is 16.5.